The quantitative estimate of drug-likeness (QED) is 0.327. The number of hydrogen-bond donors (Lipinski definition) is 1. The second-order valence-electron chi connectivity index (χ2n) is 6.24. The third-order valence-corrected chi connectivity index (χ3v) is 5.92. The van der Waals surface area contributed by atoms with E-state index < -0.39 is 0 Å². The number of pyridine rings is 1. The van der Waals surface area contributed by atoms with Crippen LogP contribution in [0.1, 0.15) is 5.56 Å². The summed E-state index contributed by atoms with van der Waals surface area (Å²) in [5.74, 6) is 0. The second kappa shape index (κ2) is 5.01. The number of nitrogens with one attached hydrogen (secondary N) is 1. The topological polar surface area (TPSA) is 49.9 Å². The van der Waals surface area contributed by atoms with Crippen LogP contribution in [0.2, 0.25) is 0 Å². The zero-order valence-electron chi connectivity index (χ0n) is 13.4. The highest BCUT2D eigenvalue weighted by atomic mass is 32.1. The van der Waals surface area contributed by atoms with Gasteiger partial charge in [0.25, 0.3) is 0 Å². The van der Waals surface area contributed by atoms with E-state index in [-0.39, 0.29) is 11.0 Å². The van der Waals surface area contributed by atoms with Crippen molar-refractivity contribution in [2.45, 2.75) is 6.92 Å². The Bertz CT molecular complexity index is 1440. The minimum Gasteiger partial charge on any atom is -0.321 e. The van der Waals surface area contributed by atoms with Gasteiger partial charge in [0.15, 0.2) is 5.43 Å². The zero-order chi connectivity index (χ0) is 17.1. The van der Waals surface area contributed by atoms with Crippen LogP contribution >= 0.6 is 11.3 Å². The highest BCUT2D eigenvalue weighted by Crippen LogP contribution is 2.37. The molecule has 0 saturated carbocycles. The lowest BCUT2D eigenvalue weighted by atomic mass is 9.98. The molecule has 0 saturated heterocycles. The SMILES string of the molecule is Cc1cc(=O)[nH]c2c3sc4ccccc4c(=O)c3c3ccccc3c12. The molecule has 3 aromatic carbocycles. The van der Waals surface area contributed by atoms with Gasteiger partial charge in [-0.3, -0.25) is 9.59 Å². The molecule has 1 N–H and O–H groups in total. The van der Waals surface area contributed by atoms with E-state index in [9.17, 15) is 9.59 Å². The average Bonchev–Trinajstić information content (AvgIpc) is 2.61. The van der Waals surface area contributed by atoms with Gasteiger partial charge < -0.3 is 4.98 Å². The Hall–Kier alpha value is -2.98. The lowest BCUT2D eigenvalue weighted by Crippen LogP contribution is -2.08. The molecule has 2 heterocycles. The molecule has 3 nitrogen and oxygen atoms in total. The van der Waals surface area contributed by atoms with Crippen LogP contribution in [0.5, 0.6) is 0 Å². The summed E-state index contributed by atoms with van der Waals surface area (Å²) < 4.78 is 1.78. The molecule has 0 aliphatic heterocycles. The minimum absolute atomic E-state index is 0.0183. The number of hydrogen-bond acceptors (Lipinski definition) is 3. The van der Waals surface area contributed by atoms with Crippen molar-refractivity contribution >= 4 is 53.2 Å². The van der Waals surface area contributed by atoms with Crippen molar-refractivity contribution in [3.05, 3.63) is 80.7 Å². The number of rotatable bonds is 0. The lowest BCUT2D eigenvalue weighted by molar-refractivity contribution is 1.29. The molecule has 0 aliphatic carbocycles. The molecule has 0 spiro atoms. The van der Waals surface area contributed by atoms with Crippen LogP contribution in [0.4, 0.5) is 0 Å². The molecule has 120 valence electrons. The fraction of sp³-hybridized carbons (Fsp3) is 0.0476. The molecule has 5 rings (SSSR count). The molecule has 0 atom stereocenters. The summed E-state index contributed by atoms with van der Waals surface area (Å²) in [7, 11) is 0. The van der Waals surface area contributed by atoms with Crippen molar-refractivity contribution in [3.63, 3.8) is 0 Å². The molecule has 0 aliphatic rings. The first-order valence-corrected chi connectivity index (χ1v) is 8.87. The van der Waals surface area contributed by atoms with Crippen molar-refractivity contribution in [3.8, 4) is 0 Å². The van der Waals surface area contributed by atoms with Gasteiger partial charge in [-0.1, -0.05) is 36.4 Å². The Kier molecular flexibility index (Phi) is 2.88. The molecule has 0 bridgehead atoms. The van der Waals surface area contributed by atoms with Gasteiger partial charge in [-0.25, -0.2) is 0 Å². The van der Waals surface area contributed by atoms with Crippen molar-refractivity contribution in [2.24, 2.45) is 0 Å². The summed E-state index contributed by atoms with van der Waals surface area (Å²) in [4.78, 5) is 28.3. The lowest BCUT2D eigenvalue weighted by Gasteiger charge is -2.11. The Morgan fingerprint density at radius 3 is 2.24 bits per heavy atom. The predicted molar refractivity (Wildman–Crippen MR) is 106 cm³/mol. The van der Waals surface area contributed by atoms with E-state index in [1.54, 1.807) is 17.4 Å². The van der Waals surface area contributed by atoms with Crippen molar-refractivity contribution in [1.29, 1.82) is 0 Å². The molecule has 4 heteroatoms. The predicted octanol–water partition coefficient (Wildman–Crippen LogP) is 4.72. The second-order valence-corrected chi connectivity index (χ2v) is 7.30. The third-order valence-electron chi connectivity index (χ3n) is 4.73. The third kappa shape index (κ3) is 1.91. The molecule has 0 fully saturated rings. The molecular formula is C21H13NO2S. The van der Waals surface area contributed by atoms with E-state index in [1.807, 2.05) is 55.5 Å². The van der Waals surface area contributed by atoms with Gasteiger partial charge in [0, 0.05) is 26.9 Å². The highest BCUT2D eigenvalue weighted by Gasteiger charge is 2.16. The van der Waals surface area contributed by atoms with Gasteiger partial charge in [0.1, 0.15) is 0 Å². The Labute approximate surface area is 146 Å². The van der Waals surface area contributed by atoms with E-state index in [4.69, 9.17) is 0 Å². The molecule has 5 aromatic rings. The molecule has 2 aromatic heterocycles. The number of benzene rings is 3. The fourth-order valence-corrected chi connectivity index (χ4v) is 4.88. The Morgan fingerprint density at radius 1 is 0.840 bits per heavy atom. The van der Waals surface area contributed by atoms with Crippen molar-refractivity contribution in [1.82, 2.24) is 4.98 Å². The average molecular weight is 343 g/mol. The summed E-state index contributed by atoms with van der Waals surface area (Å²) in [6.45, 7) is 1.94. The summed E-state index contributed by atoms with van der Waals surface area (Å²) in [5, 5.41) is 4.35. The van der Waals surface area contributed by atoms with Crippen LogP contribution in [0.15, 0.2) is 64.2 Å². The fourth-order valence-electron chi connectivity index (χ4n) is 3.69. The zero-order valence-corrected chi connectivity index (χ0v) is 14.2. The van der Waals surface area contributed by atoms with Gasteiger partial charge >= 0.3 is 0 Å². The van der Waals surface area contributed by atoms with Crippen LogP contribution in [0.3, 0.4) is 0 Å². The van der Waals surface area contributed by atoms with E-state index >= 15 is 0 Å². The smallest absolute Gasteiger partial charge is 0.248 e. The number of H-pyrrole nitrogens is 1. The Balaban J connectivity index is 2.27. The minimum atomic E-state index is -0.144. The van der Waals surface area contributed by atoms with Gasteiger partial charge in [0.05, 0.1) is 10.2 Å². The maximum atomic E-state index is 13.2. The number of aryl methyl sites for hydroxylation is 1. The summed E-state index contributed by atoms with van der Waals surface area (Å²) in [6.07, 6.45) is 0. The summed E-state index contributed by atoms with van der Waals surface area (Å²) >= 11 is 1.56. The molecule has 0 amide bonds. The van der Waals surface area contributed by atoms with Gasteiger partial charge in [0.2, 0.25) is 5.56 Å². The van der Waals surface area contributed by atoms with Crippen LogP contribution in [0, 0.1) is 6.92 Å². The van der Waals surface area contributed by atoms with Crippen LogP contribution < -0.4 is 11.0 Å². The summed E-state index contributed by atoms with van der Waals surface area (Å²) in [5.41, 5.74) is 1.55. The van der Waals surface area contributed by atoms with Crippen LogP contribution in [-0.4, -0.2) is 4.98 Å². The maximum absolute atomic E-state index is 13.2. The first-order chi connectivity index (χ1) is 12.1. The molecule has 0 unspecified atom stereocenters. The first kappa shape index (κ1) is 14.4. The van der Waals surface area contributed by atoms with Gasteiger partial charge in [-0.05, 0) is 35.4 Å². The first-order valence-electron chi connectivity index (χ1n) is 8.05. The van der Waals surface area contributed by atoms with Gasteiger partial charge in [-0.2, -0.15) is 0 Å². The number of aromatic nitrogens is 1. The van der Waals surface area contributed by atoms with Crippen molar-refractivity contribution < 1.29 is 0 Å². The number of aromatic amines is 1. The molecule has 0 radical (unpaired) electrons. The Morgan fingerprint density at radius 2 is 1.48 bits per heavy atom. The van der Waals surface area contributed by atoms with Crippen LogP contribution in [-0.2, 0) is 0 Å². The van der Waals surface area contributed by atoms with E-state index in [1.165, 1.54) is 0 Å². The van der Waals surface area contributed by atoms with Crippen LogP contribution in [0.25, 0.3) is 41.8 Å². The standard InChI is InChI=1S/C21H13NO2S/c1-11-10-16(23)22-19-17(11)12-6-2-3-7-13(12)18-20(24)14-8-4-5-9-15(14)25-21(18)19/h2-10H,1H3,(H,22,23). The largest absolute Gasteiger partial charge is 0.321 e. The maximum Gasteiger partial charge on any atom is 0.248 e. The molecule has 25 heavy (non-hydrogen) atoms. The summed E-state index contributed by atoms with van der Waals surface area (Å²) in [6, 6.07) is 17.2. The van der Waals surface area contributed by atoms with Crippen molar-refractivity contribution in [2.75, 3.05) is 0 Å². The van der Waals surface area contributed by atoms with E-state index in [2.05, 4.69) is 4.98 Å². The molecular weight excluding hydrogens is 330 g/mol. The normalized spacial score (nSPS) is 11.7. The van der Waals surface area contributed by atoms with E-state index in [0.717, 1.165) is 42.0 Å². The van der Waals surface area contributed by atoms with E-state index in [0.29, 0.717) is 5.39 Å². The number of fused-ring (bicyclic) bond motifs is 7. The monoisotopic (exact) mass is 343 g/mol. The highest BCUT2D eigenvalue weighted by molar-refractivity contribution is 7.25. The van der Waals surface area contributed by atoms with Gasteiger partial charge in [-0.15, -0.1) is 11.3 Å².